The smallest absolute Gasteiger partial charge is 0.269 e. The average Bonchev–Trinajstić information content (AvgIpc) is 2.95. The summed E-state index contributed by atoms with van der Waals surface area (Å²) in [6.45, 7) is 1.61. The van der Waals surface area contributed by atoms with Gasteiger partial charge in [-0.3, -0.25) is 4.79 Å². The molecule has 1 saturated heterocycles. The summed E-state index contributed by atoms with van der Waals surface area (Å²) in [4.78, 5) is 26.7. The number of amides is 1. The van der Waals surface area contributed by atoms with E-state index in [9.17, 15) is 4.79 Å². The first-order chi connectivity index (χ1) is 10.6. The number of rotatable bonds is 3. The lowest BCUT2D eigenvalue weighted by Crippen LogP contribution is -2.45. The highest BCUT2D eigenvalue weighted by Crippen LogP contribution is 2.17. The number of carbonyl (C=O) groups is 1. The van der Waals surface area contributed by atoms with Crippen molar-refractivity contribution >= 4 is 23.5 Å². The van der Waals surface area contributed by atoms with Crippen LogP contribution < -0.4 is 10.2 Å². The van der Waals surface area contributed by atoms with Crippen LogP contribution in [0.3, 0.4) is 0 Å². The van der Waals surface area contributed by atoms with Crippen molar-refractivity contribution < 1.29 is 4.79 Å². The third-order valence-electron chi connectivity index (χ3n) is 3.77. The van der Waals surface area contributed by atoms with E-state index in [1.807, 2.05) is 7.05 Å². The van der Waals surface area contributed by atoms with Gasteiger partial charge in [0.2, 0.25) is 5.95 Å². The van der Waals surface area contributed by atoms with Gasteiger partial charge in [-0.1, -0.05) is 11.6 Å². The first-order valence-corrected chi connectivity index (χ1v) is 7.51. The van der Waals surface area contributed by atoms with Gasteiger partial charge in [0.05, 0.1) is 29.9 Å². The fraction of sp³-hybridized carbons (Fsp3) is 0.429. The number of imidazole rings is 1. The van der Waals surface area contributed by atoms with Gasteiger partial charge in [0.1, 0.15) is 5.69 Å². The molecule has 0 aromatic carbocycles. The van der Waals surface area contributed by atoms with Crippen molar-refractivity contribution in [1.82, 2.24) is 24.8 Å². The highest BCUT2D eigenvalue weighted by Gasteiger charge is 2.23. The monoisotopic (exact) mass is 320 g/mol. The van der Waals surface area contributed by atoms with E-state index < -0.39 is 0 Å². The second-order valence-electron chi connectivity index (χ2n) is 5.33. The van der Waals surface area contributed by atoms with Crippen molar-refractivity contribution in [3.63, 3.8) is 0 Å². The first kappa shape index (κ1) is 14.8. The quantitative estimate of drug-likeness (QED) is 0.921. The van der Waals surface area contributed by atoms with Crippen LogP contribution in [0.1, 0.15) is 23.3 Å². The number of aromatic nitrogens is 4. The number of piperidine rings is 1. The first-order valence-electron chi connectivity index (χ1n) is 7.13. The minimum absolute atomic E-state index is 0.0822. The molecule has 7 nitrogen and oxygen atoms in total. The Morgan fingerprint density at radius 2 is 1.95 bits per heavy atom. The van der Waals surface area contributed by atoms with E-state index in [0.29, 0.717) is 16.7 Å². The summed E-state index contributed by atoms with van der Waals surface area (Å²) in [5.74, 6) is 0.599. The third kappa shape index (κ3) is 3.19. The van der Waals surface area contributed by atoms with Crippen LogP contribution in [0.4, 0.5) is 5.95 Å². The second-order valence-corrected chi connectivity index (χ2v) is 5.76. The molecule has 3 rings (SSSR count). The van der Waals surface area contributed by atoms with Crippen LogP contribution in [0.25, 0.3) is 0 Å². The molecule has 0 atom stereocenters. The summed E-state index contributed by atoms with van der Waals surface area (Å²) in [5.41, 5.74) is 0.573. The zero-order valence-corrected chi connectivity index (χ0v) is 13.0. The number of halogens is 1. The molecule has 22 heavy (non-hydrogen) atoms. The number of anilines is 1. The molecule has 116 valence electrons. The zero-order valence-electron chi connectivity index (χ0n) is 12.2. The minimum atomic E-state index is -0.0822. The SMILES string of the molecule is Cn1cncc1C(=O)NC1CCN(c2ncc(Cl)cn2)CC1. The number of hydrogen-bond donors (Lipinski definition) is 1. The topological polar surface area (TPSA) is 75.9 Å². The van der Waals surface area contributed by atoms with E-state index in [4.69, 9.17) is 11.6 Å². The third-order valence-corrected chi connectivity index (χ3v) is 3.96. The molecule has 1 amide bonds. The Morgan fingerprint density at radius 1 is 1.27 bits per heavy atom. The van der Waals surface area contributed by atoms with Crippen LogP contribution in [0.5, 0.6) is 0 Å². The van der Waals surface area contributed by atoms with Gasteiger partial charge in [-0.25, -0.2) is 15.0 Å². The lowest BCUT2D eigenvalue weighted by atomic mass is 10.1. The van der Waals surface area contributed by atoms with E-state index in [1.54, 1.807) is 29.5 Å². The van der Waals surface area contributed by atoms with Gasteiger partial charge in [-0.05, 0) is 12.8 Å². The van der Waals surface area contributed by atoms with Gasteiger partial charge in [0, 0.05) is 26.2 Å². The second kappa shape index (κ2) is 6.31. The number of aryl methyl sites for hydroxylation is 1. The summed E-state index contributed by atoms with van der Waals surface area (Å²) >= 11 is 5.79. The maximum absolute atomic E-state index is 12.2. The molecule has 1 fully saturated rings. The molecule has 2 aromatic rings. The summed E-state index contributed by atoms with van der Waals surface area (Å²) in [6, 6.07) is 0.158. The molecule has 0 aliphatic carbocycles. The Hall–Kier alpha value is -2.15. The molecule has 1 aliphatic rings. The average molecular weight is 321 g/mol. The molecule has 8 heteroatoms. The van der Waals surface area contributed by atoms with E-state index >= 15 is 0 Å². The fourth-order valence-electron chi connectivity index (χ4n) is 2.53. The van der Waals surface area contributed by atoms with Crippen LogP contribution >= 0.6 is 11.6 Å². The van der Waals surface area contributed by atoms with Gasteiger partial charge in [0.25, 0.3) is 5.91 Å². The van der Waals surface area contributed by atoms with Crippen molar-refractivity contribution in [1.29, 1.82) is 0 Å². The fourth-order valence-corrected chi connectivity index (χ4v) is 2.63. The van der Waals surface area contributed by atoms with Crippen molar-refractivity contribution in [2.75, 3.05) is 18.0 Å². The van der Waals surface area contributed by atoms with Crippen molar-refractivity contribution in [3.05, 3.63) is 35.6 Å². The minimum Gasteiger partial charge on any atom is -0.348 e. The predicted octanol–water partition coefficient (Wildman–Crippen LogP) is 1.26. The lowest BCUT2D eigenvalue weighted by molar-refractivity contribution is 0.0923. The Bertz CT molecular complexity index is 648. The van der Waals surface area contributed by atoms with Crippen LogP contribution in [0.15, 0.2) is 24.9 Å². The van der Waals surface area contributed by atoms with Gasteiger partial charge < -0.3 is 14.8 Å². The maximum Gasteiger partial charge on any atom is 0.269 e. The number of carbonyl (C=O) groups excluding carboxylic acids is 1. The van der Waals surface area contributed by atoms with Crippen LogP contribution in [0.2, 0.25) is 5.02 Å². The molecule has 0 unspecified atom stereocenters. The Morgan fingerprint density at radius 3 is 2.55 bits per heavy atom. The molecular weight excluding hydrogens is 304 g/mol. The summed E-state index contributed by atoms with van der Waals surface area (Å²) in [7, 11) is 1.81. The van der Waals surface area contributed by atoms with Crippen LogP contribution in [-0.2, 0) is 7.05 Å². The summed E-state index contributed by atoms with van der Waals surface area (Å²) < 4.78 is 1.71. The lowest BCUT2D eigenvalue weighted by Gasteiger charge is -2.32. The Balaban J connectivity index is 1.55. The summed E-state index contributed by atoms with van der Waals surface area (Å²) in [5, 5.41) is 3.58. The van der Waals surface area contributed by atoms with Gasteiger partial charge in [-0.2, -0.15) is 0 Å². The van der Waals surface area contributed by atoms with Crippen molar-refractivity contribution in [3.8, 4) is 0 Å². The van der Waals surface area contributed by atoms with E-state index in [0.717, 1.165) is 25.9 Å². The normalized spacial score (nSPS) is 15.8. The van der Waals surface area contributed by atoms with Crippen LogP contribution in [-0.4, -0.2) is 44.6 Å². The highest BCUT2D eigenvalue weighted by atomic mass is 35.5. The van der Waals surface area contributed by atoms with Crippen molar-refractivity contribution in [2.24, 2.45) is 7.05 Å². The van der Waals surface area contributed by atoms with Gasteiger partial charge >= 0.3 is 0 Å². The number of nitrogens with zero attached hydrogens (tertiary/aromatic N) is 5. The standard InChI is InChI=1S/C14H17ClN6O/c1-20-9-16-8-12(20)13(22)19-11-2-4-21(5-3-11)14-17-6-10(15)7-18-14/h6-9,11H,2-5H2,1H3,(H,19,22). The van der Waals surface area contributed by atoms with E-state index in [2.05, 4.69) is 25.2 Å². The Kier molecular flexibility index (Phi) is 4.24. The van der Waals surface area contributed by atoms with E-state index in [-0.39, 0.29) is 11.9 Å². The van der Waals surface area contributed by atoms with Gasteiger partial charge in [0.15, 0.2) is 0 Å². The zero-order chi connectivity index (χ0) is 15.5. The molecular formula is C14H17ClN6O. The number of hydrogen-bond acceptors (Lipinski definition) is 5. The van der Waals surface area contributed by atoms with Crippen LogP contribution in [0, 0.1) is 0 Å². The highest BCUT2D eigenvalue weighted by molar-refractivity contribution is 6.30. The predicted molar refractivity (Wildman–Crippen MR) is 83.0 cm³/mol. The largest absolute Gasteiger partial charge is 0.348 e. The molecule has 0 spiro atoms. The molecule has 3 heterocycles. The van der Waals surface area contributed by atoms with Crippen molar-refractivity contribution in [2.45, 2.75) is 18.9 Å². The molecule has 0 bridgehead atoms. The van der Waals surface area contributed by atoms with Gasteiger partial charge in [-0.15, -0.1) is 0 Å². The molecule has 0 saturated carbocycles. The van der Waals surface area contributed by atoms with E-state index in [1.165, 1.54) is 0 Å². The Labute approximate surface area is 133 Å². The number of nitrogens with one attached hydrogen (secondary N) is 1. The maximum atomic E-state index is 12.2. The molecule has 1 N–H and O–H groups in total. The summed E-state index contributed by atoms with van der Waals surface area (Å²) in [6.07, 6.45) is 8.10. The molecule has 0 radical (unpaired) electrons. The molecule has 1 aliphatic heterocycles. The molecule has 2 aromatic heterocycles.